The van der Waals surface area contributed by atoms with E-state index in [4.69, 9.17) is 18.7 Å². The van der Waals surface area contributed by atoms with E-state index in [2.05, 4.69) is 70.8 Å². The molecule has 0 saturated carbocycles. The summed E-state index contributed by atoms with van der Waals surface area (Å²) in [4.78, 5) is 31.9. The van der Waals surface area contributed by atoms with Gasteiger partial charge in [-0.2, -0.15) is 5.48 Å². The van der Waals surface area contributed by atoms with Crippen LogP contribution in [0.1, 0.15) is 43.8 Å². The van der Waals surface area contributed by atoms with Crippen LogP contribution in [-0.2, 0) is 18.7 Å². The molecule has 3 aromatic carbocycles. The Morgan fingerprint density at radius 1 is 0.980 bits per heavy atom. The number of rotatable bonds is 10. The highest BCUT2D eigenvalue weighted by Crippen LogP contribution is 2.40. The molecule has 2 fully saturated rings. The number of hydrogen-bond acceptors (Lipinski definition) is 10. The number of amides is 1. The molecule has 12 nitrogen and oxygen atoms in total. The summed E-state index contributed by atoms with van der Waals surface area (Å²) in [6.45, 7) is 7.33. The number of anilines is 1. The molecule has 4 heterocycles. The van der Waals surface area contributed by atoms with Gasteiger partial charge < -0.3 is 24.3 Å². The fourth-order valence-electron chi connectivity index (χ4n) is 6.75. The highest BCUT2D eigenvalue weighted by Gasteiger charge is 2.53. The second-order valence-electron chi connectivity index (χ2n) is 13.2. The van der Waals surface area contributed by atoms with Crippen molar-refractivity contribution < 1.29 is 28.6 Å². The minimum Gasteiger partial charge on any atom is -0.405 e. The van der Waals surface area contributed by atoms with Crippen LogP contribution in [0, 0.1) is 0 Å². The molecule has 2 aliphatic rings. The number of imidazole rings is 1. The van der Waals surface area contributed by atoms with E-state index < -0.39 is 39.1 Å². The first-order chi connectivity index (χ1) is 23.8. The Morgan fingerprint density at radius 3 is 2.24 bits per heavy atom. The number of aromatic nitrogens is 4. The Balaban J connectivity index is 1.21. The van der Waals surface area contributed by atoms with Gasteiger partial charge in [-0.1, -0.05) is 99.6 Å². The smallest absolute Gasteiger partial charge is 0.261 e. The van der Waals surface area contributed by atoms with E-state index >= 15 is 0 Å². The van der Waals surface area contributed by atoms with Crippen LogP contribution in [0.2, 0.25) is 5.04 Å². The van der Waals surface area contributed by atoms with Crippen molar-refractivity contribution in [3.8, 4) is 0 Å². The fraction of sp³-hybridized carbons (Fsp3) is 0.333. The Morgan fingerprint density at radius 2 is 1.63 bits per heavy atom. The Bertz CT molecular complexity index is 1830. The average Bonchev–Trinajstić information content (AvgIpc) is 3.86. The van der Waals surface area contributed by atoms with Crippen LogP contribution in [0.3, 0.4) is 0 Å². The van der Waals surface area contributed by atoms with E-state index in [0.717, 1.165) is 10.4 Å². The van der Waals surface area contributed by atoms with Crippen LogP contribution in [0.4, 0.5) is 5.82 Å². The van der Waals surface area contributed by atoms with Gasteiger partial charge in [-0.25, -0.2) is 15.0 Å². The van der Waals surface area contributed by atoms with Crippen molar-refractivity contribution in [3.05, 3.63) is 109 Å². The zero-order valence-electron chi connectivity index (χ0n) is 27.6. The van der Waals surface area contributed by atoms with Crippen molar-refractivity contribution in [3.63, 3.8) is 0 Å². The van der Waals surface area contributed by atoms with Crippen LogP contribution >= 0.6 is 0 Å². The SMILES string of the molecule is CC(C)(C)[Si](OC[C@H]1O[C@@H](n2cnc3c(NC(=O)c4ccccc4)ncnc32)[C@H](OC2CCNO2)[C@@H]1O)(c1ccccc1)c1ccccc1. The number of aliphatic hydroxyl groups is 1. The summed E-state index contributed by atoms with van der Waals surface area (Å²) in [6.07, 6.45) is -0.613. The average molecular weight is 681 g/mol. The third-order valence-electron chi connectivity index (χ3n) is 9.10. The van der Waals surface area contributed by atoms with Gasteiger partial charge in [0.25, 0.3) is 14.2 Å². The lowest BCUT2D eigenvalue weighted by molar-refractivity contribution is -0.199. The van der Waals surface area contributed by atoms with Crippen molar-refractivity contribution in [2.75, 3.05) is 18.5 Å². The lowest BCUT2D eigenvalue weighted by Gasteiger charge is -2.43. The lowest BCUT2D eigenvalue weighted by atomic mass is 10.1. The molecule has 7 rings (SSSR count). The molecule has 1 amide bonds. The quantitative estimate of drug-likeness (QED) is 0.188. The van der Waals surface area contributed by atoms with E-state index in [0.29, 0.717) is 29.7 Å². The number of nitrogens with one attached hydrogen (secondary N) is 2. The number of ether oxygens (including phenoxy) is 2. The van der Waals surface area contributed by atoms with Crippen LogP contribution < -0.4 is 21.2 Å². The van der Waals surface area contributed by atoms with E-state index in [1.807, 2.05) is 42.5 Å². The third kappa shape index (κ3) is 6.42. The molecule has 0 bridgehead atoms. The zero-order chi connectivity index (χ0) is 34.0. The third-order valence-corrected chi connectivity index (χ3v) is 14.1. The van der Waals surface area contributed by atoms with Gasteiger partial charge in [-0.15, -0.1) is 0 Å². The van der Waals surface area contributed by atoms with Crippen molar-refractivity contribution in [2.45, 2.75) is 63.1 Å². The van der Waals surface area contributed by atoms with Crippen LogP contribution in [0.5, 0.6) is 0 Å². The molecular formula is C36H40N6O6Si. The molecule has 5 aromatic rings. The zero-order valence-corrected chi connectivity index (χ0v) is 28.6. The molecule has 0 spiro atoms. The van der Waals surface area contributed by atoms with Crippen molar-refractivity contribution in [1.29, 1.82) is 0 Å². The van der Waals surface area contributed by atoms with Crippen LogP contribution in [0.15, 0.2) is 104 Å². The summed E-state index contributed by atoms with van der Waals surface area (Å²) in [5, 5.41) is 16.7. The first-order valence-corrected chi connectivity index (χ1v) is 18.3. The van der Waals surface area contributed by atoms with E-state index in [9.17, 15) is 9.90 Å². The van der Waals surface area contributed by atoms with Gasteiger partial charge in [-0.3, -0.25) is 14.2 Å². The van der Waals surface area contributed by atoms with Crippen molar-refractivity contribution >= 4 is 41.6 Å². The second-order valence-corrected chi connectivity index (χ2v) is 17.5. The van der Waals surface area contributed by atoms with Gasteiger partial charge in [0.15, 0.2) is 29.5 Å². The van der Waals surface area contributed by atoms with Gasteiger partial charge in [0.05, 0.1) is 12.9 Å². The number of carbonyl (C=O) groups is 1. The normalized spacial score (nSPS) is 22.8. The van der Waals surface area contributed by atoms with E-state index in [-0.39, 0.29) is 23.4 Å². The molecular weight excluding hydrogens is 641 g/mol. The first-order valence-electron chi connectivity index (χ1n) is 16.4. The molecule has 1 unspecified atom stereocenters. The van der Waals surface area contributed by atoms with Gasteiger partial charge in [0.2, 0.25) is 0 Å². The standard InChI is InChI=1S/C36H40N6O6Si/c1-36(2,3)49(25-15-9-5-10-16-25,26-17-11-6-12-18-26)45-21-27-30(43)31(47-28-19-20-40-48-28)35(46-27)42-23-39-29-32(37-22-38-33(29)42)41-34(44)24-13-7-4-8-14-24/h4-18,22-23,27-28,30-31,35,40,43H,19-21H2,1-3H3,(H,37,38,41,44)/t27-,28?,30-,31-,35-/m1/s1. The molecule has 2 aromatic heterocycles. The predicted molar refractivity (Wildman–Crippen MR) is 186 cm³/mol. The highest BCUT2D eigenvalue weighted by atomic mass is 28.4. The summed E-state index contributed by atoms with van der Waals surface area (Å²) < 4.78 is 21.9. The van der Waals surface area contributed by atoms with Gasteiger partial charge in [0, 0.05) is 18.5 Å². The minimum atomic E-state index is -2.93. The summed E-state index contributed by atoms with van der Waals surface area (Å²) >= 11 is 0. The highest BCUT2D eigenvalue weighted by molar-refractivity contribution is 6.99. The van der Waals surface area contributed by atoms with Gasteiger partial charge in [-0.05, 0) is 27.5 Å². The predicted octanol–water partition coefficient (Wildman–Crippen LogP) is 3.55. The molecule has 49 heavy (non-hydrogen) atoms. The monoisotopic (exact) mass is 680 g/mol. The molecule has 13 heteroatoms. The molecule has 254 valence electrons. The largest absolute Gasteiger partial charge is 0.405 e. The molecule has 2 aliphatic heterocycles. The molecule has 3 N–H and O–H groups in total. The summed E-state index contributed by atoms with van der Waals surface area (Å²) in [5.41, 5.74) is 4.10. The summed E-state index contributed by atoms with van der Waals surface area (Å²) in [5.74, 6) is -0.0705. The topological polar surface area (TPSA) is 142 Å². The Hall–Kier alpha value is -4.34. The number of nitrogens with zero attached hydrogens (tertiary/aromatic N) is 4. The summed E-state index contributed by atoms with van der Waals surface area (Å²) in [6, 6.07) is 29.5. The van der Waals surface area contributed by atoms with E-state index in [1.165, 1.54) is 6.33 Å². The second kappa shape index (κ2) is 13.9. The van der Waals surface area contributed by atoms with Crippen molar-refractivity contribution in [1.82, 2.24) is 25.0 Å². The number of benzene rings is 3. The number of aliphatic hydroxyl groups excluding tert-OH is 1. The number of fused-ring (bicyclic) bond motifs is 1. The van der Waals surface area contributed by atoms with Gasteiger partial charge in [0.1, 0.15) is 24.6 Å². The van der Waals surface area contributed by atoms with E-state index in [1.54, 1.807) is 35.2 Å². The summed E-state index contributed by atoms with van der Waals surface area (Å²) in [7, 11) is -2.93. The lowest BCUT2D eigenvalue weighted by Crippen LogP contribution is -2.67. The molecule has 0 aliphatic carbocycles. The van der Waals surface area contributed by atoms with Crippen molar-refractivity contribution in [2.24, 2.45) is 0 Å². The van der Waals surface area contributed by atoms with Crippen LogP contribution in [0.25, 0.3) is 11.2 Å². The molecule has 0 radical (unpaired) electrons. The maximum atomic E-state index is 13.0. The Kier molecular flexibility index (Phi) is 9.39. The fourth-order valence-corrected chi connectivity index (χ4v) is 11.3. The first kappa shape index (κ1) is 33.2. The maximum Gasteiger partial charge on any atom is 0.261 e. The molecule has 2 saturated heterocycles. The molecule has 5 atom stereocenters. The van der Waals surface area contributed by atoms with Crippen LogP contribution in [-0.4, -0.2) is 76.6 Å². The minimum absolute atomic E-state index is 0.106. The number of carbonyl (C=O) groups excluding carboxylic acids is 1. The number of hydrogen-bond donors (Lipinski definition) is 3. The Labute approximate surface area is 285 Å². The number of hydroxylamine groups is 1. The van der Waals surface area contributed by atoms with Gasteiger partial charge >= 0.3 is 0 Å². The maximum absolute atomic E-state index is 13.0.